The van der Waals surface area contributed by atoms with Crippen LogP contribution < -0.4 is 0 Å². The van der Waals surface area contributed by atoms with Gasteiger partial charge in [0.1, 0.15) is 11.1 Å². The van der Waals surface area contributed by atoms with Gasteiger partial charge in [0.25, 0.3) is 5.69 Å². The topological polar surface area (TPSA) is 88.9 Å². The summed E-state index contributed by atoms with van der Waals surface area (Å²) in [6.45, 7) is 2.05. The number of nitrogens with zero attached hydrogens (tertiary/aromatic N) is 2. The van der Waals surface area contributed by atoms with E-state index in [1.165, 1.54) is 6.07 Å². The van der Waals surface area contributed by atoms with Gasteiger partial charge in [0.05, 0.1) is 10.4 Å². The van der Waals surface area contributed by atoms with Crippen molar-refractivity contribution in [1.82, 2.24) is 10.2 Å². The number of hydrogen-bond acceptors (Lipinski definition) is 4. The third-order valence-electron chi connectivity index (χ3n) is 3.04. The molecular formula is C13H15N3O3. The number of H-pyrrole nitrogens is 1. The molecular weight excluding hydrogens is 246 g/mol. The number of ketones is 1. The lowest BCUT2D eigenvalue weighted by molar-refractivity contribution is -0.383. The quantitative estimate of drug-likeness (QED) is 0.374. The summed E-state index contributed by atoms with van der Waals surface area (Å²) in [6, 6.07) is 4.64. The lowest BCUT2D eigenvalue weighted by Gasteiger charge is -1.98. The van der Waals surface area contributed by atoms with Gasteiger partial charge in [-0.05, 0) is 12.5 Å². The van der Waals surface area contributed by atoms with Crippen molar-refractivity contribution < 1.29 is 9.72 Å². The summed E-state index contributed by atoms with van der Waals surface area (Å²) in [5.74, 6) is -0.144. The molecule has 0 aliphatic carbocycles. The first-order valence-corrected chi connectivity index (χ1v) is 6.29. The minimum Gasteiger partial charge on any atom is -0.292 e. The van der Waals surface area contributed by atoms with Gasteiger partial charge in [0.15, 0.2) is 5.78 Å². The van der Waals surface area contributed by atoms with E-state index in [4.69, 9.17) is 0 Å². The second kappa shape index (κ2) is 5.60. The second-order valence-electron chi connectivity index (χ2n) is 4.41. The van der Waals surface area contributed by atoms with E-state index in [9.17, 15) is 14.9 Å². The highest BCUT2D eigenvalue weighted by molar-refractivity contribution is 6.09. The fraction of sp³-hybridized carbons (Fsp3) is 0.385. The third-order valence-corrected chi connectivity index (χ3v) is 3.04. The van der Waals surface area contributed by atoms with Gasteiger partial charge in [-0.25, -0.2) is 0 Å². The minimum absolute atomic E-state index is 0.0786. The van der Waals surface area contributed by atoms with E-state index < -0.39 is 4.92 Å². The average Bonchev–Trinajstić information content (AvgIpc) is 2.82. The van der Waals surface area contributed by atoms with Crippen molar-refractivity contribution in [3.63, 3.8) is 0 Å². The highest BCUT2D eigenvalue weighted by Gasteiger charge is 2.21. The van der Waals surface area contributed by atoms with Crippen LogP contribution in [0.15, 0.2) is 18.2 Å². The first-order chi connectivity index (χ1) is 9.15. The highest BCUT2D eigenvalue weighted by Crippen LogP contribution is 2.27. The SMILES string of the molecule is CCCCCC(=O)c1n[nH]c2cccc([N+](=O)[O-])c12. The largest absolute Gasteiger partial charge is 0.292 e. The van der Waals surface area contributed by atoms with Crippen LogP contribution in [0.1, 0.15) is 43.1 Å². The molecule has 19 heavy (non-hydrogen) atoms. The molecule has 1 heterocycles. The number of rotatable bonds is 6. The van der Waals surface area contributed by atoms with Crippen LogP contribution in [0.25, 0.3) is 10.9 Å². The molecule has 0 aliphatic heterocycles. The van der Waals surface area contributed by atoms with Crippen molar-refractivity contribution >= 4 is 22.4 Å². The smallest absolute Gasteiger partial charge is 0.281 e. The van der Waals surface area contributed by atoms with Gasteiger partial charge in [-0.3, -0.25) is 20.0 Å². The summed E-state index contributed by atoms with van der Waals surface area (Å²) < 4.78 is 0. The maximum Gasteiger partial charge on any atom is 0.281 e. The molecule has 1 N–H and O–H groups in total. The Labute approximate surface area is 110 Å². The van der Waals surface area contributed by atoms with Gasteiger partial charge in [-0.15, -0.1) is 0 Å². The molecule has 0 amide bonds. The summed E-state index contributed by atoms with van der Waals surface area (Å²) in [7, 11) is 0. The standard InChI is InChI=1S/C13H15N3O3/c1-2-3-4-8-11(17)13-12-9(14-15-13)6-5-7-10(12)16(18)19/h5-7H,2-4,8H2,1H3,(H,14,15). The Morgan fingerprint density at radius 2 is 2.21 bits per heavy atom. The molecule has 0 unspecified atom stereocenters. The molecule has 0 fully saturated rings. The Balaban J connectivity index is 2.38. The van der Waals surface area contributed by atoms with E-state index in [1.807, 2.05) is 0 Å². The van der Waals surface area contributed by atoms with Gasteiger partial charge in [-0.2, -0.15) is 5.10 Å². The number of hydrogen-bond donors (Lipinski definition) is 1. The summed E-state index contributed by atoms with van der Waals surface area (Å²) >= 11 is 0. The molecule has 100 valence electrons. The zero-order valence-corrected chi connectivity index (χ0v) is 10.7. The summed E-state index contributed by atoms with van der Waals surface area (Å²) in [4.78, 5) is 22.6. The summed E-state index contributed by atoms with van der Waals surface area (Å²) in [5.41, 5.74) is 0.622. The van der Waals surface area contributed by atoms with E-state index >= 15 is 0 Å². The Morgan fingerprint density at radius 1 is 1.42 bits per heavy atom. The van der Waals surface area contributed by atoms with Crippen LogP contribution in [0.3, 0.4) is 0 Å². The van der Waals surface area contributed by atoms with Crippen LogP contribution in [0.2, 0.25) is 0 Å². The minimum atomic E-state index is -0.485. The lowest BCUT2D eigenvalue weighted by atomic mass is 10.1. The molecule has 0 saturated heterocycles. The molecule has 1 aromatic heterocycles. The van der Waals surface area contributed by atoms with Crippen molar-refractivity contribution in [3.8, 4) is 0 Å². The van der Waals surface area contributed by atoms with Gasteiger partial charge in [0, 0.05) is 12.5 Å². The zero-order valence-electron chi connectivity index (χ0n) is 10.7. The van der Waals surface area contributed by atoms with E-state index in [0.717, 1.165) is 19.3 Å². The van der Waals surface area contributed by atoms with Crippen molar-refractivity contribution in [2.24, 2.45) is 0 Å². The van der Waals surface area contributed by atoms with Gasteiger partial charge in [-0.1, -0.05) is 25.8 Å². The molecule has 0 atom stereocenters. The number of non-ortho nitro benzene ring substituents is 1. The summed E-state index contributed by atoms with van der Waals surface area (Å²) in [6.07, 6.45) is 3.15. The molecule has 6 heteroatoms. The molecule has 2 aromatic rings. The van der Waals surface area contributed by atoms with E-state index in [2.05, 4.69) is 17.1 Å². The maximum absolute atomic E-state index is 12.1. The molecule has 6 nitrogen and oxygen atoms in total. The molecule has 0 radical (unpaired) electrons. The number of fused-ring (bicyclic) bond motifs is 1. The van der Waals surface area contributed by atoms with Crippen molar-refractivity contribution in [2.75, 3.05) is 0 Å². The summed E-state index contributed by atoms with van der Waals surface area (Å²) in [5, 5.41) is 17.9. The van der Waals surface area contributed by atoms with Crippen LogP contribution in [-0.4, -0.2) is 20.9 Å². The zero-order chi connectivity index (χ0) is 13.8. The number of benzene rings is 1. The number of nitro benzene ring substituents is 1. The molecule has 2 rings (SSSR count). The van der Waals surface area contributed by atoms with E-state index in [-0.39, 0.29) is 17.2 Å². The number of nitro groups is 1. The monoisotopic (exact) mass is 261 g/mol. The average molecular weight is 261 g/mol. The lowest BCUT2D eigenvalue weighted by Crippen LogP contribution is -2.01. The van der Waals surface area contributed by atoms with E-state index in [1.54, 1.807) is 12.1 Å². The molecule has 0 bridgehead atoms. The van der Waals surface area contributed by atoms with Gasteiger partial charge >= 0.3 is 0 Å². The predicted octanol–water partition coefficient (Wildman–Crippen LogP) is 3.23. The fourth-order valence-corrected chi connectivity index (χ4v) is 2.06. The van der Waals surface area contributed by atoms with Crippen molar-refractivity contribution in [3.05, 3.63) is 34.0 Å². The number of aromatic amines is 1. The molecule has 0 aliphatic rings. The van der Waals surface area contributed by atoms with E-state index in [0.29, 0.717) is 17.3 Å². The Kier molecular flexibility index (Phi) is 3.89. The Morgan fingerprint density at radius 3 is 2.89 bits per heavy atom. The number of carbonyl (C=O) groups excluding carboxylic acids is 1. The highest BCUT2D eigenvalue weighted by atomic mass is 16.6. The molecule has 0 spiro atoms. The number of nitrogens with one attached hydrogen (secondary N) is 1. The first kappa shape index (κ1) is 13.2. The Bertz CT molecular complexity index is 619. The van der Waals surface area contributed by atoms with Crippen LogP contribution in [0, 0.1) is 10.1 Å². The van der Waals surface area contributed by atoms with Crippen molar-refractivity contribution in [2.45, 2.75) is 32.6 Å². The second-order valence-corrected chi connectivity index (χ2v) is 4.41. The fourth-order valence-electron chi connectivity index (χ4n) is 2.06. The van der Waals surface area contributed by atoms with Crippen molar-refractivity contribution in [1.29, 1.82) is 0 Å². The van der Waals surface area contributed by atoms with Gasteiger partial charge in [0.2, 0.25) is 0 Å². The Hall–Kier alpha value is -2.24. The number of unbranched alkanes of at least 4 members (excludes halogenated alkanes) is 2. The molecule has 1 aromatic carbocycles. The van der Waals surface area contributed by atoms with Crippen LogP contribution in [0.5, 0.6) is 0 Å². The third kappa shape index (κ3) is 2.62. The number of Topliss-reactive ketones (excluding diaryl/α,β-unsaturated/α-hetero) is 1. The van der Waals surface area contributed by atoms with Crippen LogP contribution in [0.4, 0.5) is 5.69 Å². The number of aromatic nitrogens is 2. The van der Waals surface area contributed by atoms with Gasteiger partial charge < -0.3 is 0 Å². The van der Waals surface area contributed by atoms with Crippen LogP contribution >= 0.6 is 0 Å². The normalized spacial score (nSPS) is 10.8. The maximum atomic E-state index is 12.1. The predicted molar refractivity (Wildman–Crippen MR) is 71.2 cm³/mol. The number of carbonyl (C=O) groups is 1. The van der Waals surface area contributed by atoms with Crippen LogP contribution in [-0.2, 0) is 0 Å². The molecule has 0 saturated carbocycles. The first-order valence-electron chi connectivity index (χ1n) is 6.29.